The van der Waals surface area contributed by atoms with E-state index in [0.29, 0.717) is 5.82 Å². The topological polar surface area (TPSA) is 73.7 Å². The van der Waals surface area contributed by atoms with Gasteiger partial charge >= 0.3 is 5.97 Å². The highest BCUT2D eigenvalue weighted by molar-refractivity contribution is 6.33. The molecule has 0 saturated heterocycles. The summed E-state index contributed by atoms with van der Waals surface area (Å²) >= 11 is 5.94. The summed E-state index contributed by atoms with van der Waals surface area (Å²) < 4.78 is 0. The molecule has 0 aliphatic carbocycles. The van der Waals surface area contributed by atoms with Crippen LogP contribution in [0.2, 0.25) is 5.02 Å². The molecule has 0 saturated carbocycles. The van der Waals surface area contributed by atoms with Crippen molar-refractivity contribution in [1.82, 2.24) is 9.88 Å². The van der Waals surface area contributed by atoms with Crippen LogP contribution in [-0.2, 0) is 4.79 Å². The Morgan fingerprint density at radius 1 is 1.39 bits per heavy atom. The van der Waals surface area contributed by atoms with E-state index >= 15 is 0 Å². The van der Waals surface area contributed by atoms with E-state index in [0.717, 1.165) is 0 Å². The van der Waals surface area contributed by atoms with Crippen LogP contribution in [0.4, 0.5) is 5.82 Å². The molecule has 0 unspecified atom stereocenters. The Morgan fingerprint density at radius 2 is 2.00 bits per heavy atom. The van der Waals surface area contributed by atoms with Crippen LogP contribution in [-0.4, -0.2) is 54.6 Å². The average molecular weight is 272 g/mol. The van der Waals surface area contributed by atoms with Crippen LogP contribution in [0.15, 0.2) is 12.3 Å². The predicted octanol–water partition coefficient (Wildman–Crippen LogP) is 0.958. The maximum absolute atomic E-state index is 11.5. The summed E-state index contributed by atoms with van der Waals surface area (Å²) in [4.78, 5) is 29.2. The minimum Gasteiger partial charge on any atom is -0.478 e. The maximum atomic E-state index is 11.5. The molecule has 0 radical (unpaired) electrons. The van der Waals surface area contributed by atoms with Gasteiger partial charge in [-0.05, 0) is 6.07 Å². The van der Waals surface area contributed by atoms with Gasteiger partial charge < -0.3 is 14.9 Å². The lowest BCUT2D eigenvalue weighted by Crippen LogP contribution is -2.34. The number of carbonyl (C=O) groups is 2. The summed E-state index contributed by atoms with van der Waals surface area (Å²) in [5.74, 6) is -0.822. The third-order valence-corrected chi connectivity index (χ3v) is 2.58. The largest absolute Gasteiger partial charge is 0.478 e. The van der Waals surface area contributed by atoms with Gasteiger partial charge in [0.1, 0.15) is 5.82 Å². The molecule has 0 aliphatic rings. The number of rotatable bonds is 4. The number of nitrogens with zero attached hydrogens (tertiary/aromatic N) is 3. The second-order valence-electron chi connectivity index (χ2n) is 3.98. The number of halogens is 1. The van der Waals surface area contributed by atoms with E-state index in [1.54, 1.807) is 26.0 Å². The molecule has 1 aromatic rings. The molecule has 1 heterocycles. The van der Waals surface area contributed by atoms with Crippen LogP contribution in [0.5, 0.6) is 0 Å². The van der Waals surface area contributed by atoms with Gasteiger partial charge in [-0.1, -0.05) is 11.6 Å². The van der Waals surface area contributed by atoms with Crippen molar-refractivity contribution in [3.63, 3.8) is 0 Å². The lowest BCUT2D eigenvalue weighted by atomic mass is 10.3. The molecule has 0 aromatic carbocycles. The molecular weight excluding hydrogens is 258 g/mol. The van der Waals surface area contributed by atoms with Crippen LogP contribution in [0.1, 0.15) is 10.4 Å². The summed E-state index contributed by atoms with van der Waals surface area (Å²) in [6, 6.07) is 1.31. The lowest BCUT2D eigenvalue weighted by Gasteiger charge is -2.20. The molecule has 0 aliphatic heterocycles. The Bertz CT molecular complexity index is 477. The van der Waals surface area contributed by atoms with E-state index < -0.39 is 5.97 Å². The monoisotopic (exact) mass is 271 g/mol. The van der Waals surface area contributed by atoms with Gasteiger partial charge in [0.05, 0.1) is 17.1 Å². The van der Waals surface area contributed by atoms with Crippen molar-refractivity contribution in [2.75, 3.05) is 32.6 Å². The molecule has 0 bridgehead atoms. The van der Waals surface area contributed by atoms with E-state index in [1.807, 2.05) is 0 Å². The third-order valence-electron chi connectivity index (χ3n) is 2.30. The second kappa shape index (κ2) is 5.68. The van der Waals surface area contributed by atoms with Gasteiger partial charge in [-0.15, -0.1) is 0 Å². The highest BCUT2D eigenvalue weighted by atomic mass is 35.5. The molecule has 0 fully saturated rings. The molecule has 6 nitrogen and oxygen atoms in total. The predicted molar refractivity (Wildman–Crippen MR) is 68.2 cm³/mol. The zero-order valence-electron chi connectivity index (χ0n) is 10.3. The number of carboxylic acids is 1. The van der Waals surface area contributed by atoms with Gasteiger partial charge in [-0.3, -0.25) is 4.79 Å². The molecule has 1 rings (SSSR count). The van der Waals surface area contributed by atoms with E-state index in [1.165, 1.54) is 17.2 Å². The van der Waals surface area contributed by atoms with Gasteiger partial charge in [0.25, 0.3) is 0 Å². The molecule has 0 atom stereocenters. The number of aromatic nitrogens is 1. The number of aromatic carboxylic acids is 1. The maximum Gasteiger partial charge on any atom is 0.337 e. The smallest absolute Gasteiger partial charge is 0.337 e. The SMILES string of the molecule is CN(C)C(=O)CN(C)c1ncc(C(=O)O)cc1Cl. The summed E-state index contributed by atoms with van der Waals surface area (Å²) in [7, 11) is 4.97. The van der Waals surface area contributed by atoms with Crippen molar-refractivity contribution in [3.05, 3.63) is 22.8 Å². The summed E-state index contributed by atoms with van der Waals surface area (Å²) in [5, 5.41) is 8.98. The molecule has 7 heteroatoms. The van der Waals surface area contributed by atoms with Gasteiger partial charge in [0, 0.05) is 27.3 Å². The first-order chi connectivity index (χ1) is 8.32. The zero-order valence-corrected chi connectivity index (χ0v) is 11.1. The second-order valence-corrected chi connectivity index (χ2v) is 4.39. The number of carboxylic acid groups (broad SMARTS) is 1. The van der Waals surface area contributed by atoms with E-state index in [9.17, 15) is 9.59 Å². The van der Waals surface area contributed by atoms with E-state index in [2.05, 4.69) is 4.98 Å². The molecule has 1 amide bonds. The van der Waals surface area contributed by atoms with Crippen molar-refractivity contribution < 1.29 is 14.7 Å². The summed E-state index contributed by atoms with van der Waals surface area (Å²) in [6.45, 7) is 0.117. The number of hydrogen-bond acceptors (Lipinski definition) is 4. The van der Waals surface area contributed by atoms with E-state index in [-0.39, 0.29) is 23.0 Å². The molecular formula is C11H14ClN3O3. The molecule has 1 N–H and O–H groups in total. The van der Waals surface area contributed by atoms with Crippen molar-refractivity contribution in [2.45, 2.75) is 0 Å². The first-order valence-electron chi connectivity index (χ1n) is 5.13. The highest BCUT2D eigenvalue weighted by Gasteiger charge is 2.15. The number of likely N-dealkylation sites (N-methyl/N-ethyl adjacent to an activating group) is 2. The van der Waals surface area contributed by atoms with Crippen molar-refractivity contribution in [2.24, 2.45) is 0 Å². The van der Waals surface area contributed by atoms with Gasteiger partial charge in [-0.25, -0.2) is 9.78 Å². The average Bonchev–Trinajstić information content (AvgIpc) is 2.28. The summed E-state index contributed by atoms with van der Waals surface area (Å²) in [5.41, 5.74) is 0.0103. The van der Waals surface area contributed by atoms with Crippen LogP contribution in [0.3, 0.4) is 0 Å². The first-order valence-corrected chi connectivity index (χ1v) is 5.51. The molecule has 18 heavy (non-hydrogen) atoms. The fourth-order valence-corrected chi connectivity index (χ4v) is 1.56. The molecule has 1 aromatic heterocycles. The number of pyridine rings is 1. The minimum absolute atomic E-state index is 0.0103. The van der Waals surface area contributed by atoms with Crippen LogP contribution in [0, 0.1) is 0 Å². The zero-order chi connectivity index (χ0) is 13.9. The fourth-order valence-electron chi connectivity index (χ4n) is 1.25. The van der Waals surface area contributed by atoms with Crippen LogP contribution in [0.25, 0.3) is 0 Å². The Labute approximate surface area is 110 Å². The van der Waals surface area contributed by atoms with Crippen molar-refractivity contribution in [3.8, 4) is 0 Å². The first kappa shape index (κ1) is 14.2. The fraction of sp³-hybridized carbons (Fsp3) is 0.364. The Balaban J connectivity index is 2.90. The molecule has 0 spiro atoms. The van der Waals surface area contributed by atoms with Gasteiger partial charge in [0.15, 0.2) is 0 Å². The number of amides is 1. The standard InChI is InChI=1S/C11H14ClN3O3/c1-14(2)9(16)6-15(3)10-8(12)4-7(5-13-10)11(17)18/h4-5H,6H2,1-3H3,(H,17,18). The van der Waals surface area contributed by atoms with Crippen LogP contribution >= 0.6 is 11.6 Å². The Morgan fingerprint density at radius 3 is 2.44 bits per heavy atom. The quantitative estimate of drug-likeness (QED) is 0.883. The molecule has 98 valence electrons. The number of hydrogen-bond donors (Lipinski definition) is 1. The number of carbonyl (C=O) groups excluding carboxylic acids is 1. The normalized spacial score (nSPS) is 10.0. The lowest BCUT2D eigenvalue weighted by molar-refractivity contribution is -0.127. The Hall–Kier alpha value is -1.82. The van der Waals surface area contributed by atoms with Gasteiger partial charge in [0.2, 0.25) is 5.91 Å². The van der Waals surface area contributed by atoms with Gasteiger partial charge in [-0.2, -0.15) is 0 Å². The van der Waals surface area contributed by atoms with Crippen molar-refractivity contribution >= 4 is 29.3 Å². The summed E-state index contributed by atoms with van der Waals surface area (Å²) in [6.07, 6.45) is 1.21. The highest BCUT2D eigenvalue weighted by Crippen LogP contribution is 2.23. The minimum atomic E-state index is -1.09. The van der Waals surface area contributed by atoms with Crippen molar-refractivity contribution in [1.29, 1.82) is 0 Å². The third kappa shape index (κ3) is 3.33. The Kier molecular flexibility index (Phi) is 4.49. The number of anilines is 1. The van der Waals surface area contributed by atoms with Crippen LogP contribution < -0.4 is 4.90 Å². The van der Waals surface area contributed by atoms with E-state index in [4.69, 9.17) is 16.7 Å².